The van der Waals surface area contributed by atoms with Gasteiger partial charge in [-0.15, -0.1) is 0 Å². The van der Waals surface area contributed by atoms with Crippen molar-refractivity contribution in [2.45, 2.75) is 13.8 Å². The molecule has 0 aliphatic heterocycles. The van der Waals surface area contributed by atoms with Gasteiger partial charge in [-0.3, -0.25) is 19.7 Å². The van der Waals surface area contributed by atoms with Crippen LogP contribution >= 0.6 is 0 Å². The fourth-order valence-corrected chi connectivity index (χ4v) is 3.44. The van der Waals surface area contributed by atoms with E-state index in [1.54, 1.807) is 43.3 Å². The first-order valence-electron chi connectivity index (χ1n) is 10.4. The van der Waals surface area contributed by atoms with Gasteiger partial charge < -0.3 is 28.5 Å². The van der Waals surface area contributed by atoms with E-state index in [4.69, 9.17) is 28.5 Å². The first-order valence-corrected chi connectivity index (χ1v) is 10.4. The topological polar surface area (TPSA) is 164 Å². The summed E-state index contributed by atoms with van der Waals surface area (Å²) in [6, 6.07) is 9.72. The van der Waals surface area contributed by atoms with Gasteiger partial charge in [0.15, 0.2) is 12.4 Å². The van der Waals surface area contributed by atoms with Crippen molar-refractivity contribution in [2.24, 2.45) is 5.73 Å². The van der Waals surface area contributed by atoms with Gasteiger partial charge in [-0.1, -0.05) is 12.1 Å². The maximum absolute atomic E-state index is 13.1. The Hall–Kier alpha value is -4.80. The van der Waals surface area contributed by atoms with Gasteiger partial charge in [0, 0.05) is 0 Å². The molecular formula is C24H20N2O9. The Kier molecular flexibility index (Phi) is 6.40. The van der Waals surface area contributed by atoms with Gasteiger partial charge in [0.1, 0.15) is 22.5 Å². The first-order chi connectivity index (χ1) is 16.8. The number of fused-ring (bicyclic) bond motifs is 1. The van der Waals surface area contributed by atoms with Crippen molar-refractivity contribution in [3.05, 3.63) is 69.8 Å². The lowest BCUT2D eigenvalue weighted by Crippen LogP contribution is -2.24. The van der Waals surface area contributed by atoms with Gasteiger partial charge in [0.05, 0.1) is 18.3 Å². The zero-order chi connectivity index (χ0) is 25.1. The molecule has 3 heterocycles. The highest BCUT2D eigenvalue weighted by Gasteiger charge is 2.29. The molecule has 11 heteroatoms. The number of rotatable bonds is 8. The minimum absolute atomic E-state index is 0.00256. The van der Waals surface area contributed by atoms with Crippen LogP contribution in [0.15, 0.2) is 60.7 Å². The number of benzene rings is 1. The van der Waals surface area contributed by atoms with Crippen LogP contribution < -0.4 is 21.2 Å². The summed E-state index contributed by atoms with van der Waals surface area (Å²) in [6.45, 7) is 2.41. The number of furan rings is 2. The van der Waals surface area contributed by atoms with Crippen molar-refractivity contribution in [3.63, 3.8) is 0 Å². The van der Waals surface area contributed by atoms with Gasteiger partial charge in [-0.25, -0.2) is 4.79 Å². The predicted octanol–water partition coefficient (Wildman–Crippen LogP) is 3.25. The zero-order valence-corrected chi connectivity index (χ0v) is 18.7. The molecule has 3 aromatic heterocycles. The number of primary amides is 1. The lowest BCUT2D eigenvalue weighted by atomic mass is 10.1. The van der Waals surface area contributed by atoms with Crippen LogP contribution in [0.2, 0.25) is 0 Å². The molecule has 180 valence electrons. The van der Waals surface area contributed by atoms with Crippen molar-refractivity contribution < 1.29 is 37.1 Å². The van der Waals surface area contributed by atoms with Crippen LogP contribution in [0, 0.1) is 6.92 Å². The monoisotopic (exact) mass is 480 g/mol. The minimum atomic E-state index is -1.00. The number of anilines is 1. The Morgan fingerprint density at radius 2 is 1.83 bits per heavy atom. The third-order valence-corrected chi connectivity index (χ3v) is 4.91. The van der Waals surface area contributed by atoms with Gasteiger partial charge in [-0.05, 0) is 38.1 Å². The SMILES string of the molecule is CCOC(=O)c1c(C)oc(NC(=O)COc2c(-c3ccco3)oc3ccccc3c2=O)c1C(N)=O. The number of carbonyl (C=O) groups excluding carboxylic acids is 3. The molecule has 35 heavy (non-hydrogen) atoms. The molecule has 0 saturated heterocycles. The highest BCUT2D eigenvalue weighted by atomic mass is 16.5. The molecule has 3 N–H and O–H groups in total. The molecular weight excluding hydrogens is 460 g/mol. The third kappa shape index (κ3) is 4.51. The van der Waals surface area contributed by atoms with Crippen LogP contribution in [0.4, 0.5) is 5.88 Å². The number of carbonyl (C=O) groups is 3. The number of para-hydroxylation sites is 1. The van der Waals surface area contributed by atoms with Gasteiger partial charge in [0.25, 0.3) is 11.8 Å². The van der Waals surface area contributed by atoms with E-state index in [1.165, 1.54) is 13.2 Å². The molecule has 11 nitrogen and oxygen atoms in total. The smallest absolute Gasteiger partial charge is 0.342 e. The van der Waals surface area contributed by atoms with Gasteiger partial charge in [0.2, 0.25) is 22.8 Å². The molecule has 0 aliphatic rings. The fraction of sp³-hybridized carbons (Fsp3) is 0.167. The Morgan fingerprint density at radius 1 is 1.06 bits per heavy atom. The molecule has 4 aromatic rings. The van der Waals surface area contributed by atoms with Crippen LogP contribution in [0.25, 0.3) is 22.5 Å². The average molecular weight is 480 g/mol. The maximum Gasteiger partial charge on any atom is 0.342 e. The van der Waals surface area contributed by atoms with Crippen LogP contribution in [-0.2, 0) is 9.53 Å². The number of hydrogen-bond acceptors (Lipinski definition) is 9. The highest BCUT2D eigenvalue weighted by Crippen LogP contribution is 2.31. The largest absolute Gasteiger partial charge is 0.476 e. The second-order valence-corrected chi connectivity index (χ2v) is 7.22. The molecule has 0 spiro atoms. The average Bonchev–Trinajstić information content (AvgIpc) is 3.46. The van der Waals surface area contributed by atoms with Crippen molar-refractivity contribution in [3.8, 4) is 17.3 Å². The molecule has 0 saturated carbocycles. The zero-order valence-electron chi connectivity index (χ0n) is 18.7. The van der Waals surface area contributed by atoms with Crippen molar-refractivity contribution in [1.82, 2.24) is 0 Å². The Bertz CT molecular complexity index is 1480. The van der Waals surface area contributed by atoms with Crippen LogP contribution in [0.3, 0.4) is 0 Å². The third-order valence-electron chi connectivity index (χ3n) is 4.91. The van der Waals surface area contributed by atoms with Gasteiger partial charge >= 0.3 is 5.97 Å². The van der Waals surface area contributed by atoms with Crippen molar-refractivity contribution in [2.75, 3.05) is 18.5 Å². The van der Waals surface area contributed by atoms with E-state index < -0.39 is 29.8 Å². The van der Waals surface area contributed by atoms with Crippen molar-refractivity contribution >= 4 is 34.6 Å². The Labute approximate surface area is 197 Å². The Balaban J connectivity index is 1.62. The molecule has 0 aliphatic carbocycles. The van der Waals surface area contributed by atoms with E-state index in [9.17, 15) is 19.2 Å². The number of nitrogens with two attached hydrogens (primary N) is 1. The number of aryl methyl sites for hydroxylation is 1. The minimum Gasteiger partial charge on any atom is -0.476 e. The number of ether oxygens (including phenoxy) is 2. The summed E-state index contributed by atoms with van der Waals surface area (Å²) in [5, 5.41) is 2.58. The summed E-state index contributed by atoms with van der Waals surface area (Å²) >= 11 is 0. The lowest BCUT2D eigenvalue weighted by Gasteiger charge is -2.10. The molecule has 0 fully saturated rings. The number of amides is 2. The predicted molar refractivity (Wildman–Crippen MR) is 122 cm³/mol. The summed E-state index contributed by atoms with van der Waals surface area (Å²) in [5.74, 6) is -2.95. The van der Waals surface area contributed by atoms with E-state index in [0.29, 0.717) is 5.58 Å². The van der Waals surface area contributed by atoms with Crippen LogP contribution in [-0.4, -0.2) is 31.0 Å². The highest BCUT2D eigenvalue weighted by molar-refractivity contribution is 6.10. The van der Waals surface area contributed by atoms with E-state index in [-0.39, 0.29) is 52.0 Å². The molecule has 2 amide bonds. The Morgan fingerprint density at radius 3 is 2.51 bits per heavy atom. The quantitative estimate of drug-likeness (QED) is 0.360. The normalized spacial score (nSPS) is 10.8. The van der Waals surface area contributed by atoms with Crippen molar-refractivity contribution in [1.29, 1.82) is 0 Å². The summed E-state index contributed by atoms with van der Waals surface area (Å²) < 4.78 is 27.0. The van der Waals surface area contributed by atoms with E-state index in [2.05, 4.69) is 5.32 Å². The van der Waals surface area contributed by atoms with Gasteiger partial charge in [-0.2, -0.15) is 0 Å². The number of nitrogens with one attached hydrogen (secondary N) is 1. The fourth-order valence-electron chi connectivity index (χ4n) is 3.44. The van der Waals surface area contributed by atoms with E-state index >= 15 is 0 Å². The summed E-state index contributed by atoms with van der Waals surface area (Å²) in [6.07, 6.45) is 1.40. The second-order valence-electron chi connectivity index (χ2n) is 7.22. The van der Waals surface area contributed by atoms with Crippen LogP contribution in [0.5, 0.6) is 5.75 Å². The number of hydrogen-bond donors (Lipinski definition) is 2. The van der Waals surface area contributed by atoms with Crippen LogP contribution in [0.1, 0.15) is 33.4 Å². The second kappa shape index (κ2) is 9.59. The summed E-state index contributed by atoms with van der Waals surface area (Å²) in [5.41, 5.74) is 4.67. The molecule has 1 aromatic carbocycles. The molecule has 0 bridgehead atoms. The first kappa shape index (κ1) is 23.4. The lowest BCUT2D eigenvalue weighted by molar-refractivity contribution is -0.118. The maximum atomic E-state index is 13.1. The standard InChI is InChI=1S/C24H20N2O9/c1-3-31-24(30)17-12(2)34-23(18(17)22(25)29)26-16(27)11-33-21-19(28)13-7-4-5-8-14(13)35-20(21)15-9-6-10-32-15/h4-10H,3,11H2,1-2H3,(H2,25,29)(H,26,27). The van der Waals surface area contributed by atoms with E-state index in [0.717, 1.165) is 0 Å². The summed E-state index contributed by atoms with van der Waals surface area (Å²) in [7, 11) is 0. The number of esters is 1. The molecule has 0 unspecified atom stereocenters. The molecule has 4 rings (SSSR count). The summed E-state index contributed by atoms with van der Waals surface area (Å²) in [4.78, 5) is 49.9. The molecule has 0 radical (unpaired) electrons. The van der Waals surface area contributed by atoms with E-state index in [1.807, 2.05) is 0 Å². The molecule has 0 atom stereocenters.